The fraction of sp³-hybridized carbons (Fsp3) is 0.118. The molecule has 1 aromatic heterocycles. The van der Waals surface area contributed by atoms with Crippen molar-refractivity contribution in [3.8, 4) is 0 Å². The lowest BCUT2D eigenvalue weighted by Gasteiger charge is -2.19. The summed E-state index contributed by atoms with van der Waals surface area (Å²) in [5, 5.41) is 5.56. The summed E-state index contributed by atoms with van der Waals surface area (Å²) in [4.78, 5) is 4.21. The number of pyridine rings is 1. The van der Waals surface area contributed by atoms with E-state index in [0.29, 0.717) is 0 Å². The molecule has 0 radical (unpaired) electrons. The number of benzene rings is 2. The Morgan fingerprint density at radius 2 is 1.85 bits per heavy atom. The molecular weight excluding hydrogens is 251 g/mol. The summed E-state index contributed by atoms with van der Waals surface area (Å²) in [6, 6.07) is 14.8. The summed E-state index contributed by atoms with van der Waals surface area (Å²) < 4.78 is 13.1. The van der Waals surface area contributed by atoms with Gasteiger partial charge in [-0.15, -0.1) is 0 Å². The Labute approximate surface area is 117 Å². The average molecular weight is 266 g/mol. The standard InChI is InChI=1S/C17H15FN2/c1-19-17(13-5-7-14(18)8-6-13)15-4-2-3-12-9-10-20-11-16(12)15/h2-11,17,19H,1H3. The van der Waals surface area contributed by atoms with Crippen LogP contribution >= 0.6 is 0 Å². The fourth-order valence-electron chi connectivity index (χ4n) is 2.55. The Hall–Kier alpha value is -2.26. The number of nitrogens with one attached hydrogen (secondary N) is 1. The van der Waals surface area contributed by atoms with E-state index in [1.165, 1.54) is 12.1 Å². The molecule has 1 heterocycles. The molecule has 1 atom stereocenters. The summed E-state index contributed by atoms with van der Waals surface area (Å²) in [6.07, 6.45) is 3.66. The molecule has 3 heteroatoms. The van der Waals surface area contributed by atoms with E-state index in [9.17, 15) is 4.39 Å². The van der Waals surface area contributed by atoms with Gasteiger partial charge < -0.3 is 5.32 Å². The predicted molar refractivity (Wildman–Crippen MR) is 79.0 cm³/mol. The lowest BCUT2D eigenvalue weighted by atomic mass is 9.95. The highest BCUT2D eigenvalue weighted by Gasteiger charge is 2.14. The van der Waals surface area contributed by atoms with E-state index in [2.05, 4.69) is 22.4 Å². The topological polar surface area (TPSA) is 24.9 Å². The molecule has 2 aromatic carbocycles. The number of halogens is 1. The molecule has 100 valence electrons. The number of fused-ring (bicyclic) bond motifs is 1. The number of hydrogen-bond donors (Lipinski definition) is 1. The number of hydrogen-bond acceptors (Lipinski definition) is 2. The van der Waals surface area contributed by atoms with Crippen LogP contribution in [0, 0.1) is 5.82 Å². The van der Waals surface area contributed by atoms with Crippen molar-refractivity contribution >= 4 is 10.8 Å². The molecule has 20 heavy (non-hydrogen) atoms. The van der Waals surface area contributed by atoms with Crippen LogP contribution in [0.4, 0.5) is 4.39 Å². The normalized spacial score (nSPS) is 12.5. The molecule has 1 unspecified atom stereocenters. The number of aromatic nitrogens is 1. The van der Waals surface area contributed by atoms with Gasteiger partial charge in [0.05, 0.1) is 6.04 Å². The van der Waals surface area contributed by atoms with Crippen LogP contribution < -0.4 is 5.32 Å². The quantitative estimate of drug-likeness (QED) is 0.782. The van der Waals surface area contributed by atoms with Crippen molar-refractivity contribution < 1.29 is 4.39 Å². The summed E-state index contributed by atoms with van der Waals surface area (Å²) in [5.74, 6) is -0.219. The first-order valence-electron chi connectivity index (χ1n) is 6.55. The van der Waals surface area contributed by atoms with E-state index < -0.39 is 0 Å². The maximum atomic E-state index is 13.1. The van der Waals surface area contributed by atoms with Crippen molar-refractivity contribution in [3.05, 3.63) is 77.9 Å². The van der Waals surface area contributed by atoms with Crippen molar-refractivity contribution in [2.75, 3.05) is 7.05 Å². The highest BCUT2D eigenvalue weighted by molar-refractivity contribution is 5.85. The molecule has 0 amide bonds. The number of nitrogens with zero attached hydrogens (tertiary/aromatic N) is 1. The minimum Gasteiger partial charge on any atom is -0.309 e. The van der Waals surface area contributed by atoms with Crippen molar-refractivity contribution in [3.63, 3.8) is 0 Å². The van der Waals surface area contributed by atoms with Crippen molar-refractivity contribution in [1.29, 1.82) is 0 Å². The second kappa shape index (κ2) is 5.39. The van der Waals surface area contributed by atoms with Gasteiger partial charge in [-0.25, -0.2) is 4.39 Å². The van der Waals surface area contributed by atoms with Crippen LogP contribution in [0.1, 0.15) is 17.2 Å². The van der Waals surface area contributed by atoms with Gasteiger partial charge in [-0.2, -0.15) is 0 Å². The Kier molecular flexibility index (Phi) is 3.44. The van der Waals surface area contributed by atoms with Crippen LogP contribution in [0.25, 0.3) is 10.8 Å². The predicted octanol–water partition coefficient (Wildman–Crippen LogP) is 3.68. The van der Waals surface area contributed by atoms with Gasteiger partial charge in [-0.1, -0.05) is 30.3 Å². The summed E-state index contributed by atoms with van der Waals surface area (Å²) in [7, 11) is 1.91. The van der Waals surface area contributed by atoms with E-state index in [-0.39, 0.29) is 11.9 Å². The Morgan fingerprint density at radius 1 is 1.05 bits per heavy atom. The summed E-state index contributed by atoms with van der Waals surface area (Å²) in [6.45, 7) is 0. The first kappa shape index (κ1) is 12.8. The molecule has 0 spiro atoms. The SMILES string of the molecule is CNC(c1ccc(F)cc1)c1cccc2ccncc12. The number of rotatable bonds is 3. The molecule has 3 aromatic rings. The van der Waals surface area contributed by atoms with Crippen LogP contribution in [0.5, 0.6) is 0 Å². The van der Waals surface area contributed by atoms with Gasteiger partial charge in [-0.3, -0.25) is 4.98 Å². The van der Waals surface area contributed by atoms with Crippen LogP contribution in [0.15, 0.2) is 60.9 Å². The van der Waals surface area contributed by atoms with Gasteiger partial charge >= 0.3 is 0 Å². The Morgan fingerprint density at radius 3 is 2.60 bits per heavy atom. The van der Waals surface area contributed by atoms with Gasteiger partial charge in [0.1, 0.15) is 5.82 Å². The van der Waals surface area contributed by atoms with E-state index >= 15 is 0 Å². The molecule has 0 fully saturated rings. The zero-order valence-corrected chi connectivity index (χ0v) is 11.2. The zero-order valence-electron chi connectivity index (χ0n) is 11.2. The van der Waals surface area contributed by atoms with Crippen molar-refractivity contribution in [2.45, 2.75) is 6.04 Å². The van der Waals surface area contributed by atoms with Crippen molar-refractivity contribution in [2.24, 2.45) is 0 Å². The third-order valence-electron chi connectivity index (χ3n) is 3.52. The molecular formula is C17H15FN2. The van der Waals surface area contributed by atoms with Gasteiger partial charge in [0, 0.05) is 17.8 Å². The fourth-order valence-corrected chi connectivity index (χ4v) is 2.55. The van der Waals surface area contributed by atoms with E-state index in [1.807, 2.05) is 37.5 Å². The van der Waals surface area contributed by atoms with Crippen LogP contribution in [0.2, 0.25) is 0 Å². The lowest BCUT2D eigenvalue weighted by molar-refractivity contribution is 0.623. The minimum absolute atomic E-state index is 0.0171. The molecule has 1 N–H and O–H groups in total. The molecule has 0 saturated heterocycles. The monoisotopic (exact) mass is 266 g/mol. The molecule has 0 bridgehead atoms. The second-order valence-electron chi connectivity index (χ2n) is 4.72. The Balaban J connectivity index is 2.14. The largest absolute Gasteiger partial charge is 0.309 e. The smallest absolute Gasteiger partial charge is 0.123 e. The molecule has 0 aliphatic carbocycles. The minimum atomic E-state index is -0.219. The summed E-state index contributed by atoms with van der Waals surface area (Å²) in [5.41, 5.74) is 2.18. The average Bonchev–Trinajstić information content (AvgIpc) is 2.50. The summed E-state index contributed by atoms with van der Waals surface area (Å²) >= 11 is 0. The van der Waals surface area contributed by atoms with Crippen LogP contribution in [-0.2, 0) is 0 Å². The third-order valence-corrected chi connectivity index (χ3v) is 3.52. The zero-order chi connectivity index (χ0) is 13.9. The van der Waals surface area contributed by atoms with Gasteiger partial charge in [0.15, 0.2) is 0 Å². The molecule has 0 aliphatic heterocycles. The Bertz CT molecular complexity index is 717. The van der Waals surface area contributed by atoms with E-state index in [0.717, 1.165) is 21.9 Å². The maximum Gasteiger partial charge on any atom is 0.123 e. The molecule has 0 saturated carbocycles. The first-order chi connectivity index (χ1) is 9.79. The van der Waals surface area contributed by atoms with Gasteiger partial charge in [-0.05, 0) is 41.8 Å². The lowest BCUT2D eigenvalue weighted by Crippen LogP contribution is -2.18. The molecule has 2 nitrogen and oxygen atoms in total. The van der Waals surface area contributed by atoms with Crippen molar-refractivity contribution in [1.82, 2.24) is 10.3 Å². The van der Waals surface area contributed by atoms with E-state index in [1.54, 1.807) is 6.20 Å². The van der Waals surface area contributed by atoms with Gasteiger partial charge in [0.2, 0.25) is 0 Å². The maximum absolute atomic E-state index is 13.1. The molecule has 3 rings (SSSR count). The van der Waals surface area contributed by atoms with Crippen LogP contribution in [-0.4, -0.2) is 12.0 Å². The second-order valence-corrected chi connectivity index (χ2v) is 4.72. The highest BCUT2D eigenvalue weighted by Crippen LogP contribution is 2.28. The van der Waals surface area contributed by atoms with Gasteiger partial charge in [0.25, 0.3) is 0 Å². The van der Waals surface area contributed by atoms with E-state index in [4.69, 9.17) is 0 Å². The first-order valence-corrected chi connectivity index (χ1v) is 6.55. The highest BCUT2D eigenvalue weighted by atomic mass is 19.1. The third kappa shape index (κ3) is 2.28. The molecule has 0 aliphatic rings. The van der Waals surface area contributed by atoms with Crippen LogP contribution in [0.3, 0.4) is 0 Å².